The van der Waals surface area contributed by atoms with E-state index in [1.807, 2.05) is 13.8 Å². The molecule has 0 amide bonds. The number of nitrogens with zero attached hydrogens (tertiary/aromatic N) is 2. The van der Waals surface area contributed by atoms with Crippen molar-refractivity contribution in [2.45, 2.75) is 39.3 Å². The van der Waals surface area contributed by atoms with Crippen molar-refractivity contribution < 1.29 is 5.11 Å². The summed E-state index contributed by atoms with van der Waals surface area (Å²) < 4.78 is 1.87. The second-order valence-corrected chi connectivity index (χ2v) is 4.56. The van der Waals surface area contributed by atoms with Crippen LogP contribution in [0.25, 0.3) is 0 Å². The summed E-state index contributed by atoms with van der Waals surface area (Å²) in [5, 5.41) is 16.5. The molecule has 0 aliphatic rings. The molecule has 0 saturated carbocycles. The Morgan fingerprint density at radius 2 is 2.29 bits per heavy atom. The maximum Gasteiger partial charge on any atom is 0.283 e. The molecule has 17 heavy (non-hydrogen) atoms. The van der Waals surface area contributed by atoms with Crippen LogP contribution in [0.3, 0.4) is 0 Å². The lowest BCUT2D eigenvalue weighted by molar-refractivity contribution is 0.164. The van der Waals surface area contributed by atoms with Gasteiger partial charge in [-0.1, -0.05) is 6.92 Å². The van der Waals surface area contributed by atoms with Gasteiger partial charge in [-0.3, -0.25) is 4.79 Å². The van der Waals surface area contributed by atoms with Crippen molar-refractivity contribution >= 4 is 21.6 Å². The summed E-state index contributed by atoms with van der Waals surface area (Å²) in [7, 11) is 0. The van der Waals surface area contributed by atoms with E-state index in [9.17, 15) is 9.90 Å². The molecule has 0 aromatic carbocycles. The number of anilines is 1. The molecule has 1 rings (SSSR count). The minimum atomic E-state index is -0.301. The highest BCUT2D eigenvalue weighted by Crippen LogP contribution is 2.16. The summed E-state index contributed by atoms with van der Waals surface area (Å²) in [6, 6.07) is 0. The smallest absolute Gasteiger partial charge is 0.283 e. The maximum atomic E-state index is 11.7. The van der Waals surface area contributed by atoms with E-state index in [1.54, 1.807) is 6.20 Å². The Kier molecular flexibility index (Phi) is 5.64. The fourth-order valence-corrected chi connectivity index (χ4v) is 1.84. The third-order valence-corrected chi connectivity index (χ3v) is 3.32. The fraction of sp³-hybridized carbons (Fsp3) is 0.636. The summed E-state index contributed by atoms with van der Waals surface area (Å²) in [6.07, 6.45) is 2.70. The Labute approximate surface area is 109 Å². The molecule has 6 heteroatoms. The van der Waals surface area contributed by atoms with Crippen molar-refractivity contribution in [3.05, 3.63) is 21.0 Å². The fourth-order valence-electron chi connectivity index (χ4n) is 1.39. The van der Waals surface area contributed by atoms with Crippen LogP contribution in [0.4, 0.5) is 5.69 Å². The first-order chi connectivity index (χ1) is 8.10. The molecule has 0 saturated heterocycles. The molecule has 0 aliphatic heterocycles. The lowest BCUT2D eigenvalue weighted by Crippen LogP contribution is -2.24. The van der Waals surface area contributed by atoms with Gasteiger partial charge >= 0.3 is 0 Å². The Morgan fingerprint density at radius 1 is 1.59 bits per heavy atom. The highest BCUT2D eigenvalue weighted by molar-refractivity contribution is 9.10. The highest BCUT2D eigenvalue weighted by atomic mass is 79.9. The van der Waals surface area contributed by atoms with Crippen LogP contribution in [0.5, 0.6) is 0 Å². The Hall–Kier alpha value is -0.880. The second kappa shape index (κ2) is 6.76. The van der Waals surface area contributed by atoms with Gasteiger partial charge in [0.2, 0.25) is 0 Å². The zero-order valence-electron chi connectivity index (χ0n) is 10.1. The van der Waals surface area contributed by atoms with Crippen molar-refractivity contribution in [3.63, 3.8) is 0 Å². The summed E-state index contributed by atoms with van der Waals surface area (Å²) in [5.41, 5.74) is 0.525. The standard InChI is InChI=1S/C11H18BrN3O2/c1-3-8(16)5-6-13-9-7-14-15(4-2)11(17)10(9)12/h7-8,13,16H,3-6H2,1-2H3. The first-order valence-electron chi connectivity index (χ1n) is 5.77. The van der Waals surface area contributed by atoms with E-state index in [-0.39, 0.29) is 11.7 Å². The number of rotatable bonds is 6. The predicted molar refractivity (Wildman–Crippen MR) is 71.3 cm³/mol. The van der Waals surface area contributed by atoms with Crippen LogP contribution in [0.2, 0.25) is 0 Å². The van der Waals surface area contributed by atoms with Crippen LogP contribution < -0.4 is 10.9 Å². The molecule has 1 unspecified atom stereocenters. The van der Waals surface area contributed by atoms with Gasteiger partial charge in [0.1, 0.15) is 4.47 Å². The zero-order valence-corrected chi connectivity index (χ0v) is 11.7. The third-order valence-electron chi connectivity index (χ3n) is 2.55. The van der Waals surface area contributed by atoms with Crippen molar-refractivity contribution in [1.82, 2.24) is 9.78 Å². The number of halogens is 1. The minimum absolute atomic E-state index is 0.145. The molecule has 1 atom stereocenters. The molecule has 0 aliphatic carbocycles. The molecule has 1 aromatic rings. The SMILES string of the molecule is CCC(O)CCNc1cnn(CC)c(=O)c1Br. The average Bonchev–Trinajstić information content (AvgIpc) is 2.34. The van der Waals surface area contributed by atoms with Gasteiger partial charge in [-0.15, -0.1) is 0 Å². The summed E-state index contributed by atoms with van der Waals surface area (Å²) in [6.45, 7) is 4.97. The van der Waals surface area contributed by atoms with Crippen LogP contribution in [0.15, 0.2) is 15.5 Å². The van der Waals surface area contributed by atoms with Crippen molar-refractivity contribution in [1.29, 1.82) is 0 Å². The lowest BCUT2D eigenvalue weighted by Gasteiger charge is -2.11. The van der Waals surface area contributed by atoms with Crippen LogP contribution in [-0.2, 0) is 6.54 Å². The molecule has 96 valence electrons. The molecule has 1 heterocycles. The summed E-state index contributed by atoms with van der Waals surface area (Å²) in [4.78, 5) is 11.7. The second-order valence-electron chi connectivity index (χ2n) is 3.77. The van der Waals surface area contributed by atoms with Gasteiger partial charge in [0, 0.05) is 13.1 Å². The van der Waals surface area contributed by atoms with Crippen molar-refractivity contribution in [2.75, 3.05) is 11.9 Å². The van der Waals surface area contributed by atoms with Gasteiger partial charge in [-0.25, -0.2) is 4.68 Å². The molecule has 0 radical (unpaired) electrons. The first kappa shape index (κ1) is 14.2. The molecule has 2 N–H and O–H groups in total. The molecule has 5 nitrogen and oxygen atoms in total. The number of aliphatic hydroxyl groups excluding tert-OH is 1. The van der Waals surface area contributed by atoms with Gasteiger partial charge in [0.25, 0.3) is 5.56 Å². The van der Waals surface area contributed by atoms with E-state index in [2.05, 4.69) is 26.3 Å². The van der Waals surface area contributed by atoms with Gasteiger partial charge in [0.15, 0.2) is 0 Å². The molecule has 0 fully saturated rings. The average molecular weight is 304 g/mol. The number of aryl methyl sites for hydroxylation is 1. The molecule has 0 bridgehead atoms. The van der Waals surface area contributed by atoms with Crippen LogP contribution in [-0.4, -0.2) is 27.5 Å². The Bertz CT molecular complexity index is 420. The van der Waals surface area contributed by atoms with Crippen molar-refractivity contribution in [2.24, 2.45) is 0 Å². The summed E-state index contributed by atoms with van der Waals surface area (Å²) in [5.74, 6) is 0. The number of hydrogen-bond donors (Lipinski definition) is 2. The maximum absolute atomic E-state index is 11.7. The number of hydrogen-bond acceptors (Lipinski definition) is 4. The van der Waals surface area contributed by atoms with Gasteiger partial charge < -0.3 is 10.4 Å². The molecular formula is C11H18BrN3O2. The highest BCUT2D eigenvalue weighted by Gasteiger charge is 2.08. The van der Waals surface area contributed by atoms with Crippen LogP contribution >= 0.6 is 15.9 Å². The monoisotopic (exact) mass is 303 g/mol. The molecule has 1 aromatic heterocycles. The van der Waals surface area contributed by atoms with Gasteiger partial charge in [-0.05, 0) is 35.7 Å². The first-order valence-corrected chi connectivity index (χ1v) is 6.57. The number of aliphatic hydroxyl groups is 1. The normalized spacial score (nSPS) is 12.5. The Morgan fingerprint density at radius 3 is 2.88 bits per heavy atom. The third kappa shape index (κ3) is 3.81. The quantitative estimate of drug-likeness (QED) is 0.838. The van der Waals surface area contributed by atoms with Crippen LogP contribution in [0.1, 0.15) is 26.7 Å². The van der Waals surface area contributed by atoms with E-state index in [0.717, 1.165) is 6.42 Å². The number of nitrogens with one attached hydrogen (secondary N) is 1. The van der Waals surface area contributed by atoms with E-state index in [4.69, 9.17) is 0 Å². The van der Waals surface area contributed by atoms with E-state index < -0.39 is 0 Å². The lowest BCUT2D eigenvalue weighted by atomic mass is 10.2. The van der Waals surface area contributed by atoms with Crippen LogP contribution in [0, 0.1) is 0 Å². The van der Waals surface area contributed by atoms with Gasteiger partial charge in [-0.2, -0.15) is 5.10 Å². The number of aromatic nitrogens is 2. The minimum Gasteiger partial charge on any atom is -0.393 e. The zero-order chi connectivity index (χ0) is 12.8. The van der Waals surface area contributed by atoms with E-state index in [1.165, 1.54) is 4.68 Å². The van der Waals surface area contributed by atoms with Crippen molar-refractivity contribution in [3.8, 4) is 0 Å². The van der Waals surface area contributed by atoms with Gasteiger partial charge in [0.05, 0.1) is 18.0 Å². The van der Waals surface area contributed by atoms with E-state index >= 15 is 0 Å². The topological polar surface area (TPSA) is 67.2 Å². The molecular weight excluding hydrogens is 286 g/mol. The predicted octanol–water partition coefficient (Wildman–Crippen LogP) is 1.60. The molecule has 0 spiro atoms. The Balaban J connectivity index is 2.67. The van der Waals surface area contributed by atoms with E-state index in [0.29, 0.717) is 29.7 Å². The summed E-state index contributed by atoms with van der Waals surface area (Å²) >= 11 is 3.26. The largest absolute Gasteiger partial charge is 0.393 e.